The maximum atomic E-state index is 12.0. The van der Waals surface area contributed by atoms with E-state index in [0.717, 1.165) is 16.7 Å². The van der Waals surface area contributed by atoms with Gasteiger partial charge in [-0.2, -0.15) is 0 Å². The van der Waals surface area contributed by atoms with Gasteiger partial charge in [0.25, 0.3) is 5.91 Å². The first kappa shape index (κ1) is 14.6. The number of benzene rings is 2. The minimum Gasteiger partial charge on any atom is -0.392 e. The smallest absolute Gasteiger partial charge is 0.251 e. The highest BCUT2D eigenvalue weighted by molar-refractivity contribution is 6.17. The third-order valence-corrected chi connectivity index (χ3v) is 3.31. The topological polar surface area (TPSA) is 49.3 Å². The molecule has 0 unspecified atom stereocenters. The van der Waals surface area contributed by atoms with Crippen molar-refractivity contribution in [3.05, 3.63) is 70.8 Å². The summed E-state index contributed by atoms with van der Waals surface area (Å²) in [5, 5.41) is 11.9. The molecule has 0 atom stereocenters. The lowest BCUT2D eigenvalue weighted by atomic mass is 10.1. The normalized spacial score (nSPS) is 10.3. The number of rotatable bonds is 5. The molecule has 2 aromatic rings. The molecule has 0 heterocycles. The molecule has 0 spiro atoms. The van der Waals surface area contributed by atoms with Crippen molar-refractivity contribution in [2.24, 2.45) is 0 Å². The Kier molecular flexibility index (Phi) is 5.16. The largest absolute Gasteiger partial charge is 0.392 e. The van der Waals surface area contributed by atoms with Gasteiger partial charge in [-0.25, -0.2) is 0 Å². The number of alkyl halides is 1. The number of aliphatic hydroxyl groups excluding tert-OH is 1. The molecule has 0 radical (unpaired) electrons. The fourth-order valence-corrected chi connectivity index (χ4v) is 2.05. The van der Waals surface area contributed by atoms with Gasteiger partial charge >= 0.3 is 0 Å². The number of carbonyl (C=O) groups is 1. The number of hydrogen-bond acceptors (Lipinski definition) is 2. The van der Waals surface area contributed by atoms with Crippen LogP contribution < -0.4 is 5.32 Å². The average molecular weight is 290 g/mol. The molecule has 0 bridgehead atoms. The lowest BCUT2D eigenvalue weighted by Crippen LogP contribution is -2.22. The monoisotopic (exact) mass is 289 g/mol. The first-order valence-electron chi connectivity index (χ1n) is 6.34. The van der Waals surface area contributed by atoms with E-state index >= 15 is 0 Å². The number of aliphatic hydroxyl groups is 1. The highest BCUT2D eigenvalue weighted by Crippen LogP contribution is 2.08. The van der Waals surface area contributed by atoms with Gasteiger partial charge in [0.15, 0.2) is 0 Å². The molecule has 0 saturated heterocycles. The van der Waals surface area contributed by atoms with Crippen molar-refractivity contribution in [1.82, 2.24) is 5.32 Å². The summed E-state index contributed by atoms with van der Waals surface area (Å²) in [5.74, 6) is 0.316. The third-order valence-electron chi connectivity index (χ3n) is 3.00. The zero-order valence-electron chi connectivity index (χ0n) is 11.0. The molecule has 0 saturated carbocycles. The summed E-state index contributed by atoms with van der Waals surface area (Å²) < 4.78 is 0. The second-order valence-electron chi connectivity index (χ2n) is 4.49. The van der Waals surface area contributed by atoms with Crippen LogP contribution in [-0.2, 0) is 19.0 Å². The van der Waals surface area contributed by atoms with Crippen molar-refractivity contribution < 1.29 is 9.90 Å². The van der Waals surface area contributed by atoms with Gasteiger partial charge in [-0.1, -0.05) is 36.4 Å². The summed E-state index contributed by atoms with van der Waals surface area (Å²) in [5.41, 5.74) is 3.39. The molecule has 0 fully saturated rings. The van der Waals surface area contributed by atoms with Crippen molar-refractivity contribution >= 4 is 17.5 Å². The molecule has 3 nitrogen and oxygen atoms in total. The van der Waals surface area contributed by atoms with Gasteiger partial charge in [0, 0.05) is 18.0 Å². The molecular formula is C16H16ClNO2. The van der Waals surface area contributed by atoms with Gasteiger partial charge in [0.2, 0.25) is 0 Å². The predicted molar refractivity (Wildman–Crippen MR) is 79.5 cm³/mol. The number of amides is 1. The Bertz CT molecular complexity index is 581. The molecule has 2 rings (SSSR count). The van der Waals surface area contributed by atoms with Crippen molar-refractivity contribution in [2.45, 2.75) is 19.0 Å². The highest BCUT2D eigenvalue weighted by atomic mass is 35.5. The zero-order chi connectivity index (χ0) is 14.4. The Labute approximate surface area is 123 Å². The van der Waals surface area contributed by atoms with Crippen LogP contribution >= 0.6 is 11.6 Å². The lowest BCUT2D eigenvalue weighted by molar-refractivity contribution is 0.0951. The Morgan fingerprint density at radius 1 is 1.05 bits per heavy atom. The predicted octanol–water partition coefficient (Wildman–Crippen LogP) is 2.85. The van der Waals surface area contributed by atoms with Gasteiger partial charge in [-0.05, 0) is 28.8 Å². The molecule has 2 N–H and O–H groups in total. The molecule has 4 heteroatoms. The van der Waals surface area contributed by atoms with E-state index in [1.165, 1.54) is 0 Å². The second kappa shape index (κ2) is 7.08. The van der Waals surface area contributed by atoms with Crippen LogP contribution in [0, 0.1) is 0 Å². The first-order chi connectivity index (χ1) is 9.72. The highest BCUT2D eigenvalue weighted by Gasteiger charge is 2.05. The first-order valence-corrected chi connectivity index (χ1v) is 6.88. The number of hydrogen-bond donors (Lipinski definition) is 2. The minimum absolute atomic E-state index is 0.00166. The van der Waals surface area contributed by atoms with Gasteiger partial charge in [-0.15, -0.1) is 11.6 Å². The second-order valence-corrected chi connectivity index (χ2v) is 4.76. The molecule has 104 valence electrons. The average Bonchev–Trinajstić information content (AvgIpc) is 2.53. The van der Waals surface area contributed by atoms with Gasteiger partial charge in [0.05, 0.1) is 6.61 Å². The van der Waals surface area contributed by atoms with E-state index in [0.29, 0.717) is 18.0 Å². The molecule has 2 aromatic carbocycles. The maximum absolute atomic E-state index is 12.0. The van der Waals surface area contributed by atoms with Crippen molar-refractivity contribution in [3.63, 3.8) is 0 Å². The maximum Gasteiger partial charge on any atom is 0.251 e. The van der Waals surface area contributed by atoms with Crippen LogP contribution in [0.5, 0.6) is 0 Å². The summed E-state index contributed by atoms with van der Waals surface area (Å²) in [6, 6.07) is 14.7. The van der Waals surface area contributed by atoms with E-state index in [1.54, 1.807) is 12.1 Å². The van der Waals surface area contributed by atoms with E-state index in [2.05, 4.69) is 5.32 Å². The summed E-state index contributed by atoms with van der Waals surface area (Å²) in [6.07, 6.45) is 0. The Hall–Kier alpha value is -1.84. The third kappa shape index (κ3) is 3.83. The Morgan fingerprint density at radius 3 is 2.40 bits per heavy atom. The number of nitrogens with one attached hydrogen (secondary N) is 1. The SMILES string of the molecule is O=C(NCc1cccc(CO)c1)c1ccc(CCl)cc1. The Balaban J connectivity index is 1.97. The van der Waals surface area contributed by atoms with Crippen molar-refractivity contribution in [3.8, 4) is 0 Å². The molecule has 1 amide bonds. The van der Waals surface area contributed by atoms with Crippen LogP contribution in [0.25, 0.3) is 0 Å². The Morgan fingerprint density at radius 2 is 1.75 bits per heavy atom. The van der Waals surface area contributed by atoms with E-state index in [4.69, 9.17) is 16.7 Å². The van der Waals surface area contributed by atoms with E-state index in [9.17, 15) is 4.79 Å². The molecule has 20 heavy (non-hydrogen) atoms. The lowest BCUT2D eigenvalue weighted by Gasteiger charge is -2.07. The van der Waals surface area contributed by atoms with Crippen LogP contribution in [0.15, 0.2) is 48.5 Å². The quantitative estimate of drug-likeness (QED) is 0.832. The fraction of sp³-hybridized carbons (Fsp3) is 0.188. The molecule has 0 aliphatic rings. The summed E-state index contributed by atoms with van der Waals surface area (Å²) >= 11 is 5.71. The summed E-state index contributed by atoms with van der Waals surface area (Å²) in [4.78, 5) is 12.0. The molecule has 0 aliphatic carbocycles. The van der Waals surface area contributed by atoms with E-state index in [-0.39, 0.29) is 12.5 Å². The summed E-state index contributed by atoms with van der Waals surface area (Å²) in [6.45, 7) is 0.436. The van der Waals surface area contributed by atoms with E-state index < -0.39 is 0 Å². The van der Waals surface area contributed by atoms with Crippen LogP contribution in [-0.4, -0.2) is 11.0 Å². The van der Waals surface area contributed by atoms with Crippen LogP contribution in [0.2, 0.25) is 0 Å². The zero-order valence-corrected chi connectivity index (χ0v) is 11.7. The van der Waals surface area contributed by atoms with Crippen LogP contribution in [0.1, 0.15) is 27.0 Å². The standard InChI is InChI=1S/C16H16ClNO2/c17-9-12-4-6-15(7-5-12)16(20)18-10-13-2-1-3-14(8-13)11-19/h1-8,19H,9-11H2,(H,18,20). The van der Waals surface area contributed by atoms with Crippen LogP contribution in [0.3, 0.4) is 0 Å². The van der Waals surface area contributed by atoms with Gasteiger partial charge in [-0.3, -0.25) is 4.79 Å². The van der Waals surface area contributed by atoms with Crippen LogP contribution in [0.4, 0.5) is 0 Å². The fourth-order valence-electron chi connectivity index (χ4n) is 1.87. The van der Waals surface area contributed by atoms with Crippen molar-refractivity contribution in [1.29, 1.82) is 0 Å². The molecule has 0 aromatic heterocycles. The van der Waals surface area contributed by atoms with Crippen molar-refractivity contribution in [2.75, 3.05) is 0 Å². The van der Waals surface area contributed by atoms with Gasteiger partial charge < -0.3 is 10.4 Å². The molecule has 0 aliphatic heterocycles. The summed E-state index contributed by atoms with van der Waals surface area (Å²) in [7, 11) is 0. The van der Waals surface area contributed by atoms with Gasteiger partial charge in [0.1, 0.15) is 0 Å². The number of halogens is 1. The van der Waals surface area contributed by atoms with E-state index in [1.807, 2.05) is 36.4 Å². The number of carbonyl (C=O) groups excluding carboxylic acids is 1. The molecular weight excluding hydrogens is 274 g/mol. The minimum atomic E-state index is -0.125.